The van der Waals surface area contributed by atoms with Crippen LogP contribution in [0.25, 0.3) is 22.3 Å². The van der Waals surface area contributed by atoms with Gasteiger partial charge in [-0.2, -0.15) is 0 Å². The highest BCUT2D eigenvalue weighted by atomic mass is 15.2. The standard InChI is InChI=1S/C73H54N4/c1-9-25-55(26-10-1)74(56-27-11-2-12-28-56)63-43-41-54(42-44-63)67-48-45-64(75(57-29-13-3-14-30-57)58-31-15-4-16-32-58)51-70(67)73-71-52-65(76(59-33-17-5-18-34-59)60-35-19-6-20-36-60)46-49-68(71)69-50-47-66(53-72(69)73)77(61-37-21-7-22-38-61)62-39-23-8-24-40-62/h1-53,73H. The molecule has 12 aromatic carbocycles. The maximum absolute atomic E-state index is 2.46. The van der Waals surface area contributed by atoms with E-state index in [1.807, 2.05) is 0 Å². The number of benzene rings is 12. The normalized spacial score (nSPS) is 11.6. The van der Waals surface area contributed by atoms with Gasteiger partial charge in [-0.05, 0) is 185 Å². The Morgan fingerprint density at radius 3 is 0.623 bits per heavy atom. The molecule has 12 aromatic rings. The highest BCUT2D eigenvalue weighted by Crippen LogP contribution is 2.55. The van der Waals surface area contributed by atoms with Gasteiger partial charge in [-0.3, -0.25) is 0 Å². The summed E-state index contributed by atoms with van der Waals surface area (Å²) in [5.74, 6) is -0.185. The summed E-state index contributed by atoms with van der Waals surface area (Å²) in [5.41, 5.74) is 21.6. The van der Waals surface area contributed by atoms with E-state index >= 15 is 0 Å². The molecular weight excluding hydrogens is 933 g/mol. The van der Waals surface area contributed by atoms with Crippen molar-refractivity contribution in [3.05, 3.63) is 338 Å². The SMILES string of the molecule is c1ccc(N(c2ccccc2)c2ccc(-c3ccc(N(c4ccccc4)c4ccccc4)cc3C3c4cc(N(c5ccccc5)c5ccccc5)ccc4-c4ccc(N(c5ccccc5)c5ccccc5)cc43)cc2)cc1. The van der Waals surface area contributed by atoms with Gasteiger partial charge < -0.3 is 19.6 Å². The van der Waals surface area contributed by atoms with Gasteiger partial charge in [0.05, 0.1) is 0 Å². The van der Waals surface area contributed by atoms with Gasteiger partial charge >= 0.3 is 0 Å². The van der Waals surface area contributed by atoms with Crippen LogP contribution in [0.4, 0.5) is 68.2 Å². The molecule has 0 radical (unpaired) electrons. The van der Waals surface area contributed by atoms with Crippen molar-refractivity contribution >= 4 is 68.2 Å². The molecule has 0 unspecified atom stereocenters. The van der Waals surface area contributed by atoms with E-state index in [-0.39, 0.29) is 5.92 Å². The summed E-state index contributed by atoms with van der Waals surface area (Å²) >= 11 is 0. The van der Waals surface area contributed by atoms with Gasteiger partial charge in [-0.25, -0.2) is 0 Å². The van der Waals surface area contributed by atoms with Crippen LogP contribution in [-0.2, 0) is 0 Å². The second-order valence-electron chi connectivity index (χ2n) is 19.3. The molecule has 366 valence electrons. The predicted octanol–water partition coefficient (Wildman–Crippen LogP) is 20.4. The van der Waals surface area contributed by atoms with Gasteiger partial charge in [0.15, 0.2) is 0 Å². The monoisotopic (exact) mass is 986 g/mol. The van der Waals surface area contributed by atoms with E-state index in [1.54, 1.807) is 0 Å². The molecule has 4 nitrogen and oxygen atoms in total. The van der Waals surface area contributed by atoms with Crippen LogP contribution in [0.3, 0.4) is 0 Å². The van der Waals surface area contributed by atoms with Crippen molar-refractivity contribution in [2.75, 3.05) is 19.6 Å². The van der Waals surface area contributed by atoms with E-state index in [0.29, 0.717) is 0 Å². The van der Waals surface area contributed by atoms with Crippen LogP contribution >= 0.6 is 0 Å². The lowest BCUT2D eigenvalue weighted by atomic mass is 9.83. The number of anilines is 12. The Morgan fingerprint density at radius 1 is 0.169 bits per heavy atom. The minimum absolute atomic E-state index is 0.185. The van der Waals surface area contributed by atoms with E-state index in [4.69, 9.17) is 0 Å². The van der Waals surface area contributed by atoms with Crippen LogP contribution in [0.1, 0.15) is 22.6 Å². The average molecular weight is 987 g/mol. The minimum atomic E-state index is -0.185. The summed E-state index contributed by atoms with van der Waals surface area (Å²) in [6.45, 7) is 0. The number of hydrogen-bond acceptors (Lipinski definition) is 4. The number of nitrogens with zero attached hydrogens (tertiary/aromatic N) is 4. The molecule has 0 fully saturated rings. The van der Waals surface area contributed by atoms with Crippen molar-refractivity contribution in [1.29, 1.82) is 0 Å². The highest BCUT2D eigenvalue weighted by Gasteiger charge is 2.35. The Hall–Kier alpha value is -10.2. The Kier molecular flexibility index (Phi) is 12.7. The van der Waals surface area contributed by atoms with E-state index in [9.17, 15) is 0 Å². The lowest BCUT2D eigenvalue weighted by Crippen LogP contribution is -2.13. The largest absolute Gasteiger partial charge is 0.311 e. The van der Waals surface area contributed by atoms with Crippen molar-refractivity contribution in [1.82, 2.24) is 0 Å². The molecule has 0 aliphatic heterocycles. The van der Waals surface area contributed by atoms with Crippen LogP contribution in [0.5, 0.6) is 0 Å². The summed E-state index contributed by atoms with van der Waals surface area (Å²) in [6, 6.07) is 116. The van der Waals surface area contributed by atoms with Crippen molar-refractivity contribution in [3.8, 4) is 22.3 Å². The number of rotatable bonds is 14. The summed E-state index contributed by atoms with van der Waals surface area (Å²) in [4.78, 5) is 9.48. The van der Waals surface area contributed by atoms with Gasteiger partial charge in [-0.15, -0.1) is 0 Å². The maximum atomic E-state index is 2.46. The Bertz CT molecular complexity index is 3610. The average Bonchev–Trinajstić information content (AvgIpc) is 3.94. The van der Waals surface area contributed by atoms with Gasteiger partial charge in [-0.1, -0.05) is 176 Å². The number of para-hydroxylation sites is 8. The molecule has 0 amide bonds. The summed E-state index contributed by atoms with van der Waals surface area (Å²) in [5, 5.41) is 0. The lowest BCUT2D eigenvalue weighted by Gasteiger charge is -2.29. The fourth-order valence-corrected chi connectivity index (χ4v) is 11.2. The van der Waals surface area contributed by atoms with E-state index in [2.05, 4.69) is 341 Å². The Labute approximate surface area is 451 Å². The molecule has 0 saturated heterocycles. The molecule has 0 bridgehead atoms. The third-order valence-corrected chi connectivity index (χ3v) is 14.7. The van der Waals surface area contributed by atoms with Crippen molar-refractivity contribution in [2.24, 2.45) is 0 Å². The molecule has 0 saturated carbocycles. The second-order valence-corrected chi connectivity index (χ2v) is 19.3. The fraction of sp³-hybridized carbons (Fsp3) is 0.0137. The zero-order chi connectivity index (χ0) is 51.3. The van der Waals surface area contributed by atoms with Gasteiger partial charge in [0.25, 0.3) is 0 Å². The summed E-state index contributed by atoms with van der Waals surface area (Å²) in [7, 11) is 0. The Morgan fingerprint density at radius 2 is 0.364 bits per heavy atom. The lowest BCUT2D eigenvalue weighted by molar-refractivity contribution is 1.01. The zero-order valence-electron chi connectivity index (χ0n) is 42.5. The molecule has 13 rings (SSSR count). The predicted molar refractivity (Wildman–Crippen MR) is 323 cm³/mol. The first-order chi connectivity index (χ1) is 38.2. The molecule has 1 aliphatic rings. The molecule has 77 heavy (non-hydrogen) atoms. The first-order valence-corrected chi connectivity index (χ1v) is 26.4. The first kappa shape index (κ1) is 46.6. The maximum Gasteiger partial charge on any atom is 0.0465 e. The highest BCUT2D eigenvalue weighted by molar-refractivity contribution is 5.91. The van der Waals surface area contributed by atoms with E-state index in [1.165, 1.54) is 27.8 Å². The summed E-state index contributed by atoms with van der Waals surface area (Å²) < 4.78 is 0. The fourth-order valence-electron chi connectivity index (χ4n) is 11.2. The van der Waals surface area contributed by atoms with Crippen LogP contribution in [-0.4, -0.2) is 0 Å². The molecule has 4 heteroatoms. The quantitative estimate of drug-likeness (QED) is 0.108. The third kappa shape index (κ3) is 9.19. The molecule has 0 spiro atoms. The third-order valence-electron chi connectivity index (χ3n) is 14.7. The van der Waals surface area contributed by atoms with Crippen LogP contribution in [0, 0.1) is 0 Å². The van der Waals surface area contributed by atoms with Crippen molar-refractivity contribution in [2.45, 2.75) is 5.92 Å². The molecule has 0 heterocycles. The van der Waals surface area contributed by atoms with Crippen LogP contribution in [0.15, 0.2) is 322 Å². The van der Waals surface area contributed by atoms with Crippen LogP contribution < -0.4 is 19.6 Å². The topological polar surface area (TPSA) is 13.0 Å². The molecule has 1 aliphatic carbocycles. The number of fused-ring (bicyclic) bond motifs is 3. The number of hydrogen-bond donors (Lipinski definition) is 0. The van der Waals surface area contributed by atoms with Crippen molar-refractivity contribution < 1.29 is 0 Å². The van der Waals surface area contributed by atoms with Crippen LogP contribution in [0.2, 0.25) is 0 Å². The Balaban J connectivity index is 1.06. The smallest absolute Gasteiger partial charge is 0.0465 e. The molecule has 0 atom stereocenters. The minimum Gasteiger partial charge on any atom is -0.311 e. The van der Waals surface area contributed by atoms with Gasteiger partial charge in [0, 0.05) is 74.2 Å². The summed E-state index contributed by atoms with van der Waals surface area (Å²) in [6.07, 6.45) is 0. The molecule has 0 aromatic heterocycles. The van der Waals surface area contributed by atoms with Gasteiger partial charge in [0.1, 0.15) is 0 Å². The van der Waals surface area contributed by atoms with E-state index in [0.717, 1.165) is 79.4 Å². The zero-order valence-corrected chi connectivity index (χ0v) is 42.5. The van der Waals surface area contributed by atoms with Gasteiger partial charge in [0.2, 0.25) is 0 Å². The van der Waals surface area contributed by atoms with Crippen molar-refractivity contribution in [3.63, 3.8) is 0 Å². The molecule has 0 N–H and O–H groups in total. The van der Waals surface area contributed by atoms with E-state index < -0.39 is 0 Å². The first-order valence-electron chi connectivity index (χ1n) is 26.4. The molecular formula is C73H54N4. The second kappa shape index (κ2) is 21.0.